The molecule has 0 radical (unpaired) electrons. The van der Waals surface area contributed by atoms with Crippen molar-refractivity contribution in [2.24, 2.45) is 0 Å². The first-order valence-corrected chi connectivity index (χ1v) is 7.75. The molecule has 5 heteroatoms. The Morgan fingerprint density at radius 3 is 2.84 bits per heavy atom. The molecule has 1 aromatic carbocycles. The highest BCUT2D eigenvalue weighted by molar-refractivity contribution is 7.99. The van der Waals surface area contributed by atoms with Crippen molar-refractivity contribution in [1.29, 1.82) is 0 Å². The van der Waals surface area contributed by atoms with Gasteiger partial charge in [0.1, 0.15) is 0 Å². The first kappa shape index (κ1) is 16.8. The fourth-order valence-corrected chi connectivity index (χ4v) is 2.91. The zero-order chi connectivity index (χ0) is 14.1. The molecule has 1 rings (SSSR count). The minimum absolute atomic E-state index is 0.726. The van der Waals surface area contributed by atoms with Crippen molar-refractivity contribution in [3.8, 4) is 0 Å². The van der Waals surface area contributed by atoms with Gasteiger partial charge in [0.25, 0.3) is 0 Å². The molecule has 108 valence electrons. The fraction of sp³-hybridized carbons (Fsp3) is 0.571. The van der Waals surface area contributed by atoms with Crippen LogP contribution >= 0.6 is 23.4 Å². The van der Waals surface area contributed by atoms with Crippen LogP contribution in [0.25, 0.3) is 0 Å². The lowest BCUT2D eigenvalue weighted by atomic mass is 10.2. The Morgan fingerprint density at radius 2 is 2.16 bits per heavy atom. The lowest BCUT2D eigenvalue weighted by molar-refractivity contribution is 0.199. The molecule has 0 bridgehead atoms. The molecule has 0 spiro atoms. The molecule has 0 fully saturated rings. The second kappa shape index (κ2) is 9.61. The molecular formula is C14H23ClN2OS. The van der Waals surface area contributed by atoms with Crippen LogP contribution in [-0.4, -0.2) is 51.6 Å². The van der Waals surface area contributed by atoms with Gasteiger partial charge in [-0.2, -0.15) is 0 Å². The van der Waals surface area contributed by atoms with E-state index in [1.54, 1.807) is 7.11 Å². The molecule has 0 unspecified atom stereocenters. The quantitative estimate of drug-likeness (QED) is 0.560. The second-order valence-corrected chi connectivity index (χ2v) is 6.15. The molecule has 3 nitrogen and oxygen atoms in total. The number of nitrogens with zero attached hydrogens (tertiary/aromatic N) is 1. The van der Waals surface area contributed by atoms with Crippen molar-refractivity contribution in [3.05, 3.63) is 28.8 Å². The molecule has 0 aliphatic rings. The lowest BCUT2D eigenvalue weighted by Gasteiger charge is -2.13. The van der Waals surface area contributed by atoms with E-state index in [0.29, 0.717) is 0 Å². The van der Waals surface area contributed by atoms with Gasteiger partial charge in [-0.15, -0.1) is 11.8 Å². The fourth-order valence-electron chi connectivity index (χ4n) is 1.56. The molecule has 0 aromatic heterocycles. The van der Waals surface area contributed by atoms with Crippen molar-refractivity contribution < 1.29 is 4.74 Å². The molecule has 0 aliphatic heterocycles. The number of hydrogen-bond donors (Lipinski definition) is 1. The average molecular weight is 303 g/mol. The maximum atomic E-state index is 6.07. The molecule has 0 saturated heterocycles. The summed E-state index contributed by atoms with van der Waals surface area (Å²) >= 11 is 7.95. The summed E-state index contributed by atoms with van der Waals surface area (Å²) in [6.45, 7) is 3.48. The van der Waals surface area contributed by atoms with Gasteiger partial charge in [-0.25, -0.2) is 0 Å². The first-order chi connectivity index (χ1) is 9.13. The van der Waals surface area contributed by atoms with Gasteiger partial charge < -0.3 is 15.0 Å². The van der Waals surface area contributed by atoms with E-state index in [9.17, 15) is 0 Å². The summed E-state index contributed by atoms with van der Waals surface area (Å²) in [7, 11) is 5.90. The zero-order valence-electron chi connectivity index (χ0n) is 11.9. The largest absolute Gasteiger partial charge is 0.383 e. The third-order valence-electron chi connectivity index (χ3n) is 2.62. The van der Waals surface area contributed by atoms with Crippen LogP contribution in [0.15, 0.2) is 23.1 Å². The standard InChI is InChI=1S/C14H23ClN2OS/c1-17(2)7-9-19-14-5-4-13(15)10-12(14)11-16-6-8-18-3/h4-5,10,16H,6-9,11H2,1-3H3. The summed E-state index contributed by atoms with van der Waals surface area (Å²) in [5.74, 6) is 1.08. The van der Waals surface area contributed by atoms with E-state index < -0.39 is 0 Å². The third kappa shape index (κ3) is 7.18. The number of thioether (sulfide) groups is 1. The number of benzene rings is 1. The Hall–Kier alpha value is -0.260. The van der Waals surface area contributed by atoms with Crippen LogP contribution in [0.2, 0.25) is 5.02 Å². The number of hydrogen-bond acceptors (Lipinski definition) is 4. The number of halogens is 1. The monoisotopic (exact) mass is 302 g/mol. The molecule has 0 heterocycles. The number of nitrogens with one attached hydrogen (secondary N) is 1. The van der Waals surface area contributed by atoms with E-state index in [1.807, 2.05) is 23.9 Å². The lowest BCUT2D eigenvalue weighted by Crippen LogP contribution is -2.19. The van der Waals surface area contributed by atoms with Crippen molar-refractivity contribution >= 4 is 23.4 Å². The molecule has 0 aliphatic carbocycles. The van der Waals surface area contributed by atoms with E-state index in [2.05, 4.69) is 30.4 Å². The molecule has 0 amide bonds. The predicted molar refractivity (Wildman–Crippen MR) is 84.3 cm³/mol. The van der Waals surface area contributed by atoms with Gasteiger partial charge in [0.15, 0.2) is 0 Å². The predicted octanol–water partition coefficient (Wildman–Crippen LogP) is 2.73. The van der Waals surface area contributed by atoms with Gasteiger partial charge in [-0.05, 0) is 37.9 Å². The van der Waals surface area contributed by atoms with Crippen molar-refractivity contribution in [3.63, 3.8) is 0 Å². The summed E-state index contributed by atoms with van der Waals surface area (Å²) in [4.78, 5) is 3.50. The third-order valence-corrected chi connectivity index (χ3v) is 3.95. The van der Waals surface area contributed by atoms with Crippen molar-refractivity contribution in [2.75, 3.05) is 46.7 Å². The highest BCUT2D eigenvalue weighted by Gasteiger charge is 2.04. The van der Waals surface area contributed by atoms with Crippen LogP contribution in [0.3, 0.4) is 0 Å². The van der Waals surface area contributed by atoms with Crippen LogP contribution in [0, 0.1) is 0 Å². The summed E-state index contributed by atoms with van der Waals surface area (Å²) in [5.41, 5.74) is 1.26. The van der Waals surface area contributed by atoms with Gasteiger partial charge in [0.2, 0.25) is 0 Å². The van der Waals surface area contributed by atoms with E-state index in [4.69, 9.17) is 16.3 Å². The number of ether oxygens (including phenoxy) is 1. The average Bonchev–Trinajstić information content (AvgIpc) is 2.36. The SMILES string of the molecule is COCCNCc1cc(Cl)ccc1SCCN(C)C. The topological polar surface area (TPSA) is 24.5 Å². The van der Waals surface area contributed by atoms with Crippen LogP contribution < -0.4 is 5.32 Å². The van der Waals surface area contributed by atoms with E-state index >= 15 is 0 Å². The van der Waals surface area contributed by atoms with Gasteiger partial charge >= 0.3 is 0 Å². The van der Waals surface area contributed by atoms with Crippen LogP contribution in [-0.2, 0) is 11.3 Å². The van der Waals surface area contributed by atoms with Crippen LogP contribution in [0.5, 0.6) is 0 Å². The van der Waals surface area contributed by atoms with Gasteiger partial charge in [-0.1, -0.05) is 11.6 Å². The zero-order valence-corrected chi connectivity index (χ0v) is 13.5. The Balaban J connectivity index is 2.53. The summed E-state index contributed by atoms with van der Waals surface area (Å²) in [5, 5.41) is 4.15. The molecular weight excluding hydrogens is 280 g/mol. The van der Waals surface area contributed by atoms with E-state index in [1.165, 1.54) is 10.5 Å². The van der Waals surface area contributed by atoms with Gasteiger partial charge in [0.05, 0.1) is 6.61 Å². The highest BCUT2D eigenvalue weighted by Crippen LogP contribution is 2.25. The summed E-state index contributed by atoms with van der Waals surface area (Å²) in [6, 6.07) is 6.10. The number of rotatable bonds is 9. The Morgan fingerprint density at radius 1 is 1.37 bits per heavy atom. The minimum atomic E-state index is 0.726. The van der Waals surface area contributed by atoms with Gasteiger partial charge in [-0.3, -0.25) is 0 Å². The summed E-state index contributed by atoms with van der Waals surface area (Å²) < 4.78 is 5.03. The van der Waals surface area contributed by atoms with E-state index in [-0.39, 0.29) is 0 Å². The maximum Gasteiger partial charge on any atom is 0.0587 e. The van der Waals surface area contributed by atoms with Gasteiger partial charge in [0, 0.05) is 42.4 Å². The normalized spacial score (nSPS) is 11.2. The maximum absolute atomic E-state index is 6.07. The van der Waals surface area contributed by atoms with Crippen LogP contribution in [0.1, 0.15) is 5.56 Å². The molecule has 0 atom stereocenters. The highest BCUT2D eigenvalue weighted by atomic mass is 35.5. The minimum Gasteiger partial charge on any atom is -0.383 e. The van der Waals surface area contributed by atoms with E-state index in [0.717, 1.165) is 37.0 Å². The molecule has 1 N–H and O–H groups in total. The Labute approximate surface area is 125 Å². The Kier molecular flexibility index (Phi) is 8.50. The Bertz CT molecular complexity index is 374. The van der Waals surface area contributed by atoms with Crippen molar-refractivity contribution in [2.45, 2.75) is 11.4 Å². The molecule has 19 heavy (non-hydrogen) atoms. The molecule has 1 aromatic rings. The van der Waals surface area contributed by atoms with Crippen molar-refractivity contribution in [1.82, 2.24) is 10.2 Å². The smallest absolute Gasteiger partial charge is 0.0587 e. The van der Waals surface area contributed by atoms with Crippen LogP contribution in [0.4, 0.5) is 0 Å². The number of methoxy groups -OCH3 is 1. The molecule has 0 saturated carbocycles. The second-order valence-electron chi connectivity index (χ2n) is 4.57. The summed E-state index contributed by atoms with van der Waals surface area (Å²) in [6.07, 6.45) is 0. The first-order valence-electron chi connectivity index (χ1n) is 6.39.